The molecule has 2 rings (SSSR count). The Labute approximate surface area is 112 Å². The van der Waals surface area contributed by atoms with Crippen LogP contribution < -0.4 is 5.32 Å². The van der Waals surface area contributed by atoms with Crippen LogP contribution in [0.15, 0.2) is 24.3 Å². The molecule has 0 bridgehead atoms. The largest absolute Gasteiger partial charge is 0.376 e. The van der Waals surface area contributed by atoms with Crippen molar-refractivity contribution in [1.82, 2.24) is 5.32 Å². The second kappa shape index (κ2) is 6.21. The molecule has 1 aliphatic heterocycles. The number of benzene rings is 1. The maximum Gasteiger partial charge on any atom is 0.224 e. The maximum absolute atomic E-state index is 11.9. The summed E-state index contributed by atoms with van der Waals surface area (Å²) in [4.78, 5) is 11.9. The predicted octanol–water partition coefficient (Wildman–Crippen LogP) is 2.57. The summed E-state index contributed by atoms with van der Waals surface area (Å²) >= 11 is 6.03. The number of halogens is 1. The smallest absolute Gasteiger partial charge is 0.224 e. The van der Waals surface area contributed by atoms with Crippen molar-refractivity contribution in [3.05, 3.63) is 34.9 Å². The van der Waals surface area contributed by atoms with E-state index in [0.29, 0.717) is 11.4 Å². The lowest BCUT2D eigenvalue weighted by Gasteiger charge is -2.20. The highest BCUT2D eigenvalue weighted by atomic mass is 35.5. The number of ether oxygens (including phenoxy) is 1. The van der Waals surface area contributed by atoms with E-state index in [1.165, 1.54) is 0 Å². The van der Waals surface area contributed by atoms with Crippen LogP contribution in [0.25, 0.3) is 0 Å². The van der Waals surface area contributed by atoms with Crippen LogP contribution in [-0.4, -0.2) is 24.7 Å². The number of hydrogen-bond acceptors (Lipinski definition) is 2. The van der Waals surface area contributed by atoms with Gasteiger partial charge in [-0.05, 0) is 31.4 Å². The summed E-state index contributed by atoms with van der Waals surface area (Å²) in [6.07, 6.45) is 2.57. The fourth-order valence-corrected chi connectivity index (χ4v) is 2.41. The van der Waals surface area contributed by atoms with Gasteiger partial charge in [0, 0.05) is 11.6 Å². The third-order valence-corrected chi connectivity index (χ3v) is 3.59. The molecule has 3 nitrogen and oxygen atoms in total. The minimum atomic E-state index is -0.00824. The quantitative estimate of drug-likeness (QED) is 0.911. The number of carbonyl (C=O) groups is 1. The first-order chi connectivity index (χ1) is 8.66. The van der Waals surface area contributed by atoms with Gasteiger partial charge in [-0.15, -0.1) is 0 Å². The first kappa shape index (κ1) is 13.4. The Balaban J connectivity index is 1.86. The van der Waals surface area contributed by atoms with Crippen molar-refractivity contribution < 1.29 is 9.53 Å². The summed E-state index contributed by atoms with van der Waals surface area (Å²) in [7, 11) is 0. The lowest BCUT2D eigenvalue weighted by atomic mass is 10.1. The second-order valence-corrected chi connectivity index (χ2v) is 5.08. The average molecular weight is 268 g/mol. The van der Waals surface area contributed by atoms with Crippen LogP contribution in [0.1, 0.15) is 25.3 Å². The van der Waals surface area contributed by atoms with Gasteiger partial charge in [-0.3, -0.25) is 4.79 Å². The zero-order valence-corrected chi connectivity index (χ0v) is 11.2. The molecule has 0 aliphatic carbocycles. The van der Waals surface area contributed by atoms with Crippen molar-refractivity contribution >= 4 is 17.5 Å². The molecule has 18 heavy (non-hydrogen) atoms. The van der Waals surface area contributed by atoms with Crippen LogP contribution in [0.2, 0.25) is 5.02 Å². The molecular weight excluding hydrogens is 250 g/mol. The third kappa shape index (κ3) is 3.47. The molecule has 0 aromatic heterocycles. The zero-order chi connectivity index (χ0) is 13.0. The van der Waals surface area contributed by atoms with Gasteiger partial charge in [0.05, 0.1) is 18.6 Å². The van der Waals surface area contributed by atoms with Gasteiger partial charge in [0.15, 0.2) is 0 Å². The molecule has 0 radical (unpaired) electrons. The first-order valence-electron chi connectivity index (χ1n) is 6.31. The highest BCUT2D eigenvalue weighted by Crippen LogP contribution is 2.17. The third-order valence-electron chi connectivity index (χ3n) is 3.22. The molecule has 1 saturated heterocycles. The molecule has 0 saturated carbocycles. The zero-order valence-electron chi connectivity index (χ0n) is 10.5. The average Bonchev–Trinajstić information content (AvgIpc) is 2.85. The van der Waals surface area contributed by atoms with Crippen LogP contribution in [0.5, 0.6) is 0 Å². The summed E-state index contributed by atoms with van der Waals surface area (Å²) in [5.74, 6) is -0.00824. The molecule has 1 aliphatic rings. The van der Waals surface area contributed by atoms with Gasteiger partial charge in [-0.2, -0.15) is 0 Å². The lowest BCUT2D eigenvalue weighted by molar-refractivity contribution is -0.121. The van der Waals surface area contributed by atoms with E-state index in [2.05, 4.69) is 5.32 Å². The standard InChI is InChI=1S/C14H18ClNO2/c1-10(13-7-4-8-18-13)16-14(17)9-11-5-2-3-6-12(11)15/h2-3,5-6,10,13H,4,7-9H2,1H3,(H,16,17)/t10-,13+/m1/s1. The minimum Gasteiger partial charge on any atom is -0.376 e. The van der Waals surface area contributed by atoms with Crippen LogP contribution in [0.3, 0.4) is 0 Å². The molecule has 1 heterocycles. The van der Waals surface area contributed by atoms with E-state index in [0.717, 1.165) is 25.0 Å². The molecule has 1 aromatic rings. The van der Waals surface area contributed by atoms with E-state index in [1.807, 2.05) is 25.1 Å². The van der Waals surface area contributed by atoms with Gasteiger partial charge < -0.3 is 10.1 Å². The molecule has 0 unspecified atom stereocenters. The Morgan fingerprint density at radius 1 is 1.56 bits per heavy atom. The first-order valence-corrected chi connectivity index (χ1v) is 6.69. The lowest BCUT2D eigenvalue weighted by Crippen LogP contribution is -2.41. The molecular formula is C14H18ClNO2. The van der Waals surface area contributed by atoms with Crippen molar-refractivity contribution in [3.8, 4) is 0 Å². The van der Waals surface area contributed by atoms with Crippen LogP contribution in [0.4, 0.5) is 0 Å². The van der Waals surface area contributed by atoms with Crippen molar-refractivity contribution in [2.24, 2.45) is 0 Å². The van der Waals surface area contributed by atoms with Crippen molar-refractivity contribution in [1.29, 1.82) is 0 Å². The monoisotopic (exact) mass is 267 g/mol. The number of rotatable bonds is 4. The van der Waals surface area contributed by atoms with Gasteiger partial charge in [0.2, 0.25) is 5.91 Å². The van der Waals surface area contributed by atoms with E-state index in [1.54, 1.807) is 6.07 Å². The minimum absolute atomic E-state index is 0.00824. The maximum atomic E-state index is 11.9. The second-order valence-electron chi connectivity index (χ2n) is 4.68. The Kier molecular flexibility index (Phi) is 4.61. The molecule has 98 valence electrons. The summed E-state index contributed by atoms with van der Waals surface area (Å²) in [5, 5.41) is 3.61. The Morgan fingerprint density at radius 2 is 2.33 bits per heavy atom. The number of nitrogens with one attached hydrogen (secondary N) is 1. The van der Waals surface area contributed by atoms with Crippen molar-refractivity contribution in [2.75, 3.05) is 6.61 Å². The Morgan fingerprint density at radius 3 is 3.00 bits per heavy atom. The van der Waals surface area contributed by atoms with Crippen molar-refractivity contribution in [3.63, 3.8) is 0 Å². The number of carbonyl (C=O) groups excluding carboxylic acids is 1. The van der Waals surface area contributed by atoms with Gasteiger partial charge in [0.1, 0.15) is 0 Å². The van der Waals surface area contributed by atoms with Gasteiger partial charge in [-0.1, -0.05) is 29.8 Å². The number of amides is 1. The topological polar surface area (TPSA) is 38.3 Å². The summed E-state index contributed by atoms with van der Waals surface area (Å²) < 4.78 is 5.55. The van der Waals surface area contributed by atoms with Crippen LogP contribution in [-0.2, 0) is 16.0 Å². The molecule has 2 atom stereocenters. The summed E-state index contributed by atoms with van der Waals surface area (Å²) in [6, 6.07) is 7.48. The van der Waals surface area contributed by atoms with E-state index >= 15 is 0 Å². The highest BCUT2D eigenvalue weighted by molar-refractivity contribution is 6.31. The SMILES string of the molecule is C[C@@H](NC(=O)Cc1ccccc1Cl)[C@@H]1CCCO1. The van der Waals surface area contributed by atoms with E-state index in [9.17, 15) is 4.79 Å². The Hall–Kier alpha value is -1.06. The van der Waals surface area contributed by atoms with E-state index in [4.69, 9.17) is 16.3 Å². The Bertz CT molecular complexity index is 416. The fourth-order valence-electron chi connectivity index (χ4n) is 2.21. The van der Waals surface area contributed by atoms with Gasteiger partial charge >= 0.3 is 0 Å². The van der Waals surface area contributed by atoms with Gasteiger partial charge in [-0.25, -0.2) is 0 Å². The molecule has 1 aromatic carbocycles. The molecule has 1 amide bonds. The fraction of sp³-hybridized carbons (Fsp3) is 0.500. The van der Waals surface area contributed by atoms with E-state index < -0.39 is 0 Å². The number of hydrogen-bond donors (Lipinski definition) is 1. The summed E-state index contributed by atoms with van der Waals surface area (Å²) in [6.45, 7) is 2.79. The van der Waals surface area contributed by atoms with Crippen LogP contribution >= 0.6 is 11.6 Å². The molecule has 0 spiro atoms. The van der Waals surface area contributed by atoms with E-state index in [-0.39, 0.29) is 18.1 Å². The van der Waals surface area contributed by atoms with Crippen molar-refractivity contribution in [2.45, 2.75) is 38.3 Å². The van der Waals surface area contributed by atoms with Crippen LogP contribution in [0, 0.1) is 0 Å². The predicted molar refractivity (Wildman–Crippen MR) is 71.7 cm³/mol. The normalized spacial score (nSPS) is 20.7. The highest BCUT2D eigenvalue weighted by Gasteiger charge is 2.23. The summed E-state index contributed by atoms with van der Waals surface area (Å²) in [5.41, 5.74) is 0.858. The molecule has 1 N–H and O–H groups in total. The molecule has 4 heteroatoms. The van der Waals surface area contributed by atoms with Gasteiger partial charge in [0.25, 0.3) is 0 Å². The molecule has 1 fully saturated rings.